The predicted octanol–water partition coefficient (Wildman–Crippen LogP) is 2.65. The third-order valence-corrected chi connectivity index (χ3v) is 3.79. The van der Waals surface area contributed by atoms with Gasteiger partial charge in [-0.05, 0) is 26.3 Å². The lowest BCUT2D eigenvalue weighted by molar-refractivity contribution is 0.554. The van der Waals surface area contributed by atoms with Crippen molar-refractivity contribution in [2.24, 2.45) is 5.92 Å². The van der Waals surface area contributed by atoms with Crippen LogP contribution in [0.1, 0.15) is 31.3 Å². The first-order valence-electron chi connectivity index (χ1n) is 5.92. The molecular formula is C12H23N3S. The molecule has 92 valence electrons. The number of aromatic nitrogens is 1. The average molecular weight is 241 g/mol. The zero-order valence-electron chi connectivity index (χ0n) is 11.0. The van der Waals surface area contributed by atoms with E-state index in [4.69, 9.17) is 0 Å². The van der Waals surface area contributed by atoms with E-state index in [1.165, 1.54) is 4.88 Å². The number of hydrogen-bond donors (Lipinski definition) is 1. The zero-order chi connectivity index (χ0) is 12.1. The summed E-state index contributed by atoms with van der Waals surface area (Å²) in [5, 5.41) is 4.59. The summed E-state index contributed by atoms with van der Waals surface area (Å²) in [4.78, 5) is 8.13. The van der Waals surface area contributed by atoms with Crippen molar-refractivity contribution >= 4 is 16.5 Å². The van der Waals surface area contributed by atoms with Gasteiger partial charge in [0.15, 0.2) is 5.13 Å². The van der Waals surface area contributed by atoms with Gasteiger partial charge in [-0.1, -0.05) is 13.8 Å². The van der Waals surface area contributed by atoms with E-state index in [0.717, 1.165) is 30.5 Å². The summed E-state index contributed by atoms with van der Waals surface area (Å²) in [5.74, 6) is 0.700. The van der Waals surface area contributed by atoms with Crippen molar-refractivity contribution in [3.8, 4) is 0 Å². The molecule has 0 bridgehead atoms. The van der Waals surface area contributed by atoms with Gasteiger partial charge in [-0.15, -0.1) is 11.3 Å². The first kappa shape index (κ1) is 13.5. The number of nitrogens with zero attached hydrogens (tertiary/aromatic N) is 2. The van der Waals surface area contributed by atoms with Crippen LogP contribution < -0.4 is 10.2 Å². The van der Waals surface area contributed by atoms with Crippen LogP contribution in [0.3, 0.4) is 0 Å². The fourth-order valence-electron chi connectivity index (χ4n) is 1.35. The van der Waals surface area contributed by atoms with Crippen LogP contribution in [0.15, 0.2) is 0 Å². The molecule has 3 nitrogen and oxygen atoms in total. The van der Waals surface area contributed by atoms with Crippen molar-refractivity contribution < 1.29 is 0 Å². The zero-order valence-corrected chi connectivity index (χ0v) is 11.8. The molecule has 16 heavy (non-hydrogen) atoms. The number of hydrogen-bond acceptors (Lipinski definition) is 4. The van der Waals surface area contributed by atoms with Gasteiger partial charge in [0.1, 0.15) is 0 Å². The van der Waals surface area contributed by atoms with E-state index in [1.807, 2.05) is 0 Å². The van der Waals surface area contributed by atoms with Crippen LogP contribution in [-0.2, 0) is 6.54 Å². The maximum atomic E-state index is 4.58. The largest absolute Gasteiger partial charge is 0.351 e. The molecule has 4 heteroatoms. The average Bonchev–Trinajstić information content (AvgIpc) is 2.59. The fourth-order valence-corrected chi connectivity index (χ4v) is 2.41. The standard InChI is InChI=1S/C12H23N3S/c1-6-15(5)12-14-10(4)11(16-12)8-13-7-9(2)3/h9,13H,6-8H2,1-5H3. The summed E-state index contributed by atoms with van der Waals surface area (Å²) in [7, 11) is 2.09. The Balaban J connectivity index is 2.56. The quantitative estimate of drug-likeness (QED) is 0.830. The number of aryl methyl sites for hydroxylation is 1. The minimum atomic E-state index is 0.700. The van der Waals surface area contributed by atoms with Crippen LogP contribution in [0.25, 0.3) is 0 Å². The molecule has 0 aliphatic heterocycles. The molecule has 0 unspecified atom stereocenters. The molecule has 0 saturated carbocycles. The maximum absolute atomic E-state index is 4.58. The number of rotatable bonds is 6. The first-order valence-corrected chi connectivity index (χ1v) is 6.74. The first-order chi connectivity index (χ1) is 7.54. The summed E-state index contributed by atoms with van der Waals surface area (Å²) in [6.45, 7) is 11.7. The van der Waals surface area contributed by atoms with E-state index < -0.39 is 0 Å². The van der Waals surface area contributed by atoms with Gasteiger partial charge in [-0.25, -0.2) is 4.98 Å². The maximum Gasteiger partial charge on any atom is 0.185 e. The van der Waals surface area contributed by atoms with Crippen molar-refractivity contribution in [1.29, 1.82) is 0 Å². The molecule has 0 aromatic carbocycles. The highest BCUT2D eigenvalue weighted by molar-refractivity contribution is 7.15. The smallest absolute Gasteiger partial charge is 0.185 e. The van der Waals surface area contributed by atoms with Crippen LogP contribution >= 0.6 is 11.3 Å². The second-order valence-electron chi connectivity index (χ2n) is 4.54. The Morgan fingerprint density at radius 3 is 2.69 bits per heavy atom. The van der Waals surface area contributed by atoms with Crippen molar-refractivity contribution in [1.82, 2.24) is 10.3 Å². The molecule has 1 heterocycles. The summed E-state index contributed by atoms with van der Waals surface area (Å²) < 4.78 is 0. The van der Waals surface area contributed by atoms with Crippen LogP contribution in [0.5, 0.6) is 0 Å². The molecular weight excluding hydrogens is 218 g/mol. The van der Waals surface area contributed by atoms with Gasteiger partial charge in [0, 0.05) is 25.0 Å². The van der Waals surface area contributed by atoms with E-state index in [9.17, 15) is 0 Å². The van der Waals surface area contributed by atoms with E-state index >= 15 is 0 Å². The SMILES string of the molecule is CCN(C)c1nc(C)c(CNCC(C)C)s1. The molecule has 0 fully saturated rings. The van der Waals surface area contributed by atoms with Crippen molar-refractivity contribution in [3.63, 3.8) is 0 Å². The fraction of sp³-hybridized carbons (Fsp3) is 0.750. The van der Waals surface area contributed by atoms with Gasteiger partial charge in [0.25, 0.3) is 0 Å². The Bertz CT molecular complexity index is 320. The van der Waals surface area contributed by atoms with Gasteiger partial charge in [0.2, 0.25) is 0 Å². The van der Waals surface area contributed by atoms with E-state index in [2.05, 4.69) is 49.9 Å². The molecule has 0 spiro atoms. The van der Waals surface area contributed by atoms with Crippen LogP contribution in [-0.4, -0.2) is 25.1 Å². The predicted molar refractivity (Wildman–Crippen MR) is 72.3 cm³/mol. The van der Waals surface area contributed by atoms with Crippen molar-refractivity contribution in [2.75, 3.05) is 25.0 Å². The lowest BCUT2D eigenvalue weighted by Gasteiger charge is -2.11. The van der Waals surface area contributed by atoms with Crippen LogP contribution in [0, 0.1) is 12.8 Å². The van der Waals surface area contributed by atoms with E-state index in [0.29, 0.717) is 5.92 Å². The Labute approximate surface area is 103 Å². The Hall–Kier alpha value is -0.610. The Morgan fingerprint density at radius 1 is 1.44 bits per heavy atom. The molecule has 0 aliphatic carbocycles. The molecule has 1 N–H and O–H groups in total. The lowest BCUT2D eigenvalue weighted by Crippen LogP contribution is -2.18. The van der Waals surface area contributed by atoms with Gasteiger partial charge < -0.3 is 10.2 Å². The third-order valence-electron chi connectivity index (χ3n) is 2.52. The molecule has 0 atom stereocenters. The highest BCUT2D eigenvalue weighted by Crippen LogP contribution is 2.24. The molecule has 0 aliphatic rings. The number of anilines is 1. The molecule has 0 radical (unpaired) electrons. The van der Waals surface area contributed by atoms with E-state index in [1.54, 1.807) is 11.3 Å². The third kappa shape index (κ3) is 3.76. The van der Waals surface area contributed by atoms with Crippen molar-refractivity contribution in [2.45, 2.75) is 34.2 Å². The normalized spacial score (nSPS) is 11.1. The molecule has 0 amide bonds. The Kier molecular flexibility index (Phi) is 5.22. The van der Waals surface area contributed by atoms with Crippen LogP contribution in [0.4, 0.5) is 5.13 Å². The minimum absolute atomic E-state index is 0.700. The highest BCUT2D eigenvalue weighted by Gasteiger charge is 2.09. The van der Waals surface area contributed by atoms with Crippen LogP contribution in [0.2, 0.25) is 0 Å². The van der Waals surface area contributed by atoms with Gasteiger partial charge >= 0.3 is 0 Å². The number of nitrogens with one attached hydrogen (secondary N) is 1. The summed E-state index contributed by atoms with van der Waals surface area (Å²) in [5.41, 5.74) is 1.16. The molecule has 0 saturated heterocycles. The second-order valence-corrected chi connectivity index (χ2v) is 5.61. The summed E-state index contributed by atoms with van der Waals surface area (Å²) >= 11 is 1.80. The van der Waals surface area contributed by atoms with Crippen molar-refractivity contribution in [3.05, 3.63) is 10.6 Å². The lowest BCUT2D eigenvalue weighted by atomic mass is 10.2. The second kappa shape index (κ2) is 6.21. The molecule has 1 rings (SSSR count). The van der Waals surface area contributed by atoms with Gasteiger partial charge in [-0.3, -0.25) is 0 Å². The summed E-state index contributed by atoms with van der Waals surface area (Å²) in [6.07, 6.45) is 0. The minimum Gasteiger partial charge on any atom is -0.351 e. The topological polar surface area (TPSA) is 28.2 Å². The monoisotopic (exact) mass is 241 g/mol. The molecule has 1 aromatic heterocycles. The number of thiazole rings is 1. The van der Waals surface area contributed by atoms with E-state index in [-0.39, 0.29) is 0 Å². The van der Waals surface area contributed by atoms with Gasteiger partial charge in [0.05, 0.1) is 5.69 Å². The Morgan fingerprint density at radius 2 is 2.12 bits per heavy atom. The highest BCUT2D eigenvalue weighted by atomic mass is 32.1. The summed E-state index contributed by atoms with van der Waals surface area (Å²) in [6, 6.07) is 0. The van der Waals surface area contributed by atoms with Gasteiger partial charge in [-0.2, -0.15) is 0 Å². The molecule has 1 aromatic rings.